The highest BCUT2D eigenvalue weighted by Gasteiger charge is 2.18. The first-order valence-corrected chi connectivity index (χ1v) is 11.3. The van der Waals surface area contributed by atoms with E-state index in [0.717, 1.165) is 16.3 Å². The normalized spacial score (nSPS) is 11.6. The quantitative estimate of drug-likeness (QED) is 0.213. The van der Waals surface area contributed by atoms with Crippen LogP contribution in [0, 0.1) is 0 Å². The molecule has 0 saturated heterocycles. The number of nitrogens with one attached hydrogen (secondary N) is 1. The summed E-state index contributed by atoms with van der Waals surface area (Å²) in [7, 11) is 0. The molecule has 0 spiro atoms. The van der Waals surface area contributed by atoms with Crippen molar-refractivity contribution in [3.8, 4) is 5.75 Å². The van der Waals surface area contributed by atoms with Gasteiger partial charge in [-0.15, -0.1) is 0 Å². The number of anilines is 1. The molecule has 0 aliphatic heterocycles. The lowest BCUT2D eigenvalue weighted by Crippen LogP contribution is -2.18. The van der Waals surface area contributed by atoms with E-state index in [1.165, 1.54) is 0 Å². The summed E-state index contributed by atoms with van der Waals surface area (Å²) in [5.41, 5.74) is 1.44. The van der Waals surface area contributed by atoms with Crippen LogP contribution in [0.15, 0.2) is 66.7 Å². The average Bonchev–Trinajstić information content (AvgIpc) is 2.85. The van der Waals surface area contributed by atoms with Crippen LogP contribution in [0.4, 0.5) is 10.5 Å². The van der Waals surface area contributed by atoms with Crippen molar-refractivity contribution in [2.24, 2.45) is 0 Å². The molecule has 3 aromatic carbocycles. The zero-order valence-electron chi connectivity index (χ0n) is 18.1. The Hall–Kier alpha value is -3.23. The Kier molecular flexibility index (Phi) is 9.41. The number of aliphatic hydroxyl groups excluding tert-OH is 1. The molecule has 0 aliphatic carbocycles. The predicted octanol–water partition coefficient (Wildman–Crippen LogP) is 4.75. The van der Waals surface area contributed by atoms with E-state index in [9.17, 15) is 9.59 Å². The van der Waals surface area contributed by atoms with Crippen molar-refractivity contribution in [1.29, 1.82) is 0 Å². The fourth-order valence-electron chi connectivity index (χ4n) is 3.34. The number of rotatable bonds is 11. The zero-order valence-corrected chi connectivity index (χ0v) is 19.0. The molecule has 0 bridgehead atoms. The molecule has 0 unspecified atom stereocenters. The molecule has 1 amide bonds. The van der Waals surface area contributed by atoms with Crippen LogP contribution >= 0.6 is 12.6 Å². The summed E-state index contributed by atoms with van der Waals surface area (Å²) >= 11 is 3.89. The molecule has 0 saturated carbocycles. The standard InChI is InChI=1S/C25H27NO6S/c27-14-16-30-20-12-10-19(11-13-20)23(9-4-15-31-24(28)17-33)32-25(29)26-22-8-3-6-18-5-1-2-7-21(18)22/h1-3,5-8,10-13,23,27,33H,4,9,14-17H2,(H,26,29)/t23-/m0/s1. The maximum atomic E-state index is 12.8. The predicted molar refractivity (Wildman–Crippen MR) is 130 cm³/mol. The SMILES string of the molecule is O=C(CS)OCCC[C@H](OC(=O)Nc1cccc2ccccc12)c1ccc(OCCO)cc1. The van der Waals surface area contributed by atoms with Gasteiger partial charge in [-0.2, -0.15) is 12.6 Å². The summed E-state index contributed by atoms with van der Waals surface area (Å²) < 4.78 is 16.2. The molecule has 0 aromatic heterocycles. The van der Waals surface area contributed by atoms with Crippen molar-refractivity contribution in [3.63, 3.8) is 0 Å². The summed E-state index contributed by atoms with van der Waals surface area (Å²) in [5.74, 6) is 0.229. The van der Waals surface area contributed by atoms with Gasteiger partial charge in [-0.3, -0.25) is 10.1 Å². The van der Waals surface area contributed by atoms with Gasteiger partial charge in [0.15, 0.2) is 0 Å². The van der Waals surface area contributed by atoms with Gasteiger partial charge in [0.05, 0.1) is 24.7 Å². The zero-order chi connectivity index (χ0) is 23.5. The Labute approximate surface area is 198 Å². The third-order valence-electron chi connectivity index (χ3n) is 4.89. The Bertz CT molecular complexity index is 1050. The second-order valence-corrected chi connectivity index (χ2v) is 7.52. The number of carbonyl (C=O) groups is 2. The minimum atomic E-state index is -0.579. The van der Waals surface area contributed by atoms with E-state index in [-0.39, 0.29) is 25.6 Å². The molecule has 0 heterocycles. The summed E-state index contributed by atoms with van der Waals surface area (Å²) in [6, 6.07) is 20.5. The van der Waals surface area contributed by atoms with Crippen molar-refractivity contribution in [3.05, 3.63) is 72.3 Å². The number of carbonyl (C=O) groups excluding carboxylic acids is 2. The number of esters is 1. The molecule has 3 aromatic rings. The number of thiol groups is 1. The number of hydrogen-bond acceptors (Lipinski definition) is 7. The van der Waals surface area contributed by atoms with Gasteiger partial charge in [0.25, 0.3) is 0 Å². The molecule has 33 heavy (non-hydrogen) atoms. The number of fused-ring (bicyclic) bond motifs is 1. The number of hydrogen-bond donors (Lipinski definition) is 3. The molecule has 3 rings (SSSR count). The van der Waals surface area contributed by atoms with Crippen LogP contribution < -0.4 is 10.1 Å². The second-order valence-electron chi connectivity index (χ2n) is 7.21. The first kappa shape index (κ1) is 24.4. The fourth-order valence-corrected chi connectivity index (χ4v) is 3.43. The molecular formula is C25H27NO6S. The second kappa shape index (κ2) is 12.7. The topological polar surface area (TPSA) is 94.1 Å². The molecule has 0 fully saturated rings. The van der Waals surface area contributed by atoms with Crippen LogP contribution in [0.2, 0.25) is 0 Å². The van der Waals surface area contributed by atoms with Crippen LogP contribution in [-0.2, 0) is 14.3 Å². The van der Waals surface area contributed by atoms with E-state index in [1.54, 1.807) is 12.1 Å². The summed E-state index contributed by atoms with van der Waals surface area (Å²) in [5, 5.41) is 13.7. The molecular weight excluding hydrogens is 442 g/mol. The highest BCUT2D eigenvalue weighted by Crippen LogP contribution is 2.27. The monoisotopic (exact) mass is 469 g/mol. The summed E-state index contributed by atoms with van der Waals surface area (Å²) in [6.45, 7) is 0.331. The minimum absolute atomic E-state index is 0.0165. The van der Waals surface area contributed by atoms with Crippen molar-refractivity contribution < 1.29 is 28.9 Å². The Morgan fingerprint density at radius 2 is 1.73 bits per heavy atom. The maximum Gasteiger partial charge on any atom is 0.412 e. The van der Waals surface area contributed by atoms with Crippen molar-refractivity contribution in [2.45, 2.75) is 18.9 Å². The van der Waals surface area contributed by atoms with Gasteiger partial charge in [0.2, 0.25) is 0 Å². The first-order valence-electron chi connectivity index (χ1n) is 10.7. The van der Waals surface area contributed by atoms with Crippen LogP contribution in [-0.4, -0.2) is 42.7 Å². The van der Waals surface area contributed by atoms with E-state index in [4.69, 9.17) is 19.3 Å². The third kappa shape index (κ3) is 7.40. The number of ether oxygens (including phenoxy) is 3. The molecule has 0 radical (unpaired) electrons. The Morgan fingerprint density at radius 1 is 0.970 bits per heavy atom. The van der Waals surface area contributed by atoms with Crippen molar-refractivity contribution in [1.82, 2.24) is 0 Å². The van der Waals surface area contributed by atoms with Gasteiger partial charge in [-0.1, -0.05) is 48.5 Å². The minimum Gasteiger partial charge on any atom is -0.491 e. The molecule has 0 aliphatic rings. The highest BCUT2D eigenvalue weighted by molar-refractivity contribution is 7.81. The molecule has 7 nitrogen and oxygen atoms in total. The lowest BCUT2D eigenvalue weighted by atomic mass is 10.0. The lowest BCUT2D eigenvalue weighted by molar-refractivity contribution is -0.140. The van der Waals surface area contributed by atoms with Gasteiger partial charge < -0.3 is 19.3 Å². The van der Waals surface area contributed by atoms with Crippen LogP contribution in [0.1, 0.15) is 24.5 Å². The number of aliphatic hydroxyl groups is 1. The molecule has 174 valence electrons. The van der Waals surface area contributed by atoms with E-state index in [1.807, 2.05) is 54.6 Å². The van der Waals surface area contributed by atoms with Crippen LogP contribution in [0.25, 0.3) is 10.8 Å². The first-order chi connectivity index (χ1) is 16.1. The van der Waals surface area contributed by atoms with Gasteiger partial charge >= 0.3 is 12.1 Å². The van der Waals surface area contributed by atoms with Crippen molar-refractivity contribution >= 4 is 41.2 Å². The van der Waals surface area contributed by atoms with E-state index in [2.05, 4.69) is 17.9 Å². The van der Waals surface area contributed by atoms with Gasteiger partial charge in [0, 0.05) is 5.39 Å². The van der Waals surface area contributed by atoms with E-state index >= 15 is 0 Å². The third-order valence-corrected chi connectivity index (χ3v) is 5.15. The Balaban J connectivity index is 1.69. The van der Waals surface area contributed by atoms with E-state index in [0.29, 0.717) is 24.3 Å². The molecule has 2 N–H and O–H groups in total. The fraction of sp³-hybridized carbons (Fsp3) is 0.280. The number of benzene rings is 3. The Morgan fingerprint density at radius 3 is 2.48 bits per heavy atom. The highest BCUT2D eigenvalue weighted by atomic mass is 32.1. The average molecular weight is 470 g/mol. The maximum absolute atomic E-state index is 12.8. The largest absolute Gasteiger partial charge is 0.491 e. The van der Waals surface area contributed by atoms with Crippen LogP contribution in [0.5, 0.6) is 5.75 Å². The van der Waals surface area contributed by atoms with Gasteiger partial charge in [-0.05, 0) is 42.0 Å². The summed E-state index contributed by atoms with van der Waals surface area (Å²) in [4.78, 5) is 24.1. The van der Waals surface area contributed by atoms with Gasteiger partial charge in [0.1, 0.15) is 18.5 Å². The smallest absolute Gasteiger partial charge is 0.412 e. The van der Waals surface area contributed by atoms with E-state index < -0.39 is 18.2 Å². The summed E-state index contributed by atoms with van der Waals surface area (Å²) in [6.07, 6.45) is -0.167. The van der Waals surface area contributed by atoms with Gasteiger partial charge in [-0.25, -0.2) is 4.79 Å². The number of amides is 1. The van der Waals surface area contributed by atoms with Crippen molar-refractivity contribution in [2.75, 3.05) is 30.9 Å². The lowest BCUT2D eigenvalue weighted by Gasteiger charge is -2.19. The molecule has 8 heteroatoms. The molecule has 1 atom stereocenters. The van der Waals surface area contributed by atoms with Crippen LogP contribution in [0.3, 0.4) is 0 Å².